The molecular weight excluding hydrogens is 262 g/mol. The van der Waals surface area contributed by atoms with Crippen LogP contribution in [-0.2, 0) is 10.2 Å². The molecule has 0 aromatic rings. The van der Waals surface area contributed by atoms with Crippen LogP contribution in [0, 0.1) is 11.3 Å². The fourth-order valence-corrected chi connectivity index (χ4v) is 4.55. The smallest absolute Gasteiger partial charge is 0.279 e. The zero-order valence-corrected chi connectivity index (χ0v) is 12.7. The number of nitrogens with two attached hydrogens (primary N) is 1. The first kappa shape index (κ1) is 15.2. The van der Waals surface area contributed by atoms with Gasteiger partial charge >= 0.3 is 0 Å². The molecule has 0 radical (unpaired) electrons. The lowest BCUT2D eigenvalue weighted by Gasteiger charge is -2.42. The molecule has 0 bridgehead atoms. The minimum Gasteiger partial charge on any atom is -0.330 e. The summed E-state index contributed by atoms with van der Waals surface area (Å²) in [6, 6.07) is 0. The number of rotatable bonds is 6. The zero-order valence-electron chi connectivity index (χ0n) is 11.9. The van der Waals surface area contributed by atoms with Crippen LogP contribution in [-0.4, -0.2) is 38.9 Å². The SMILES string of the molecule is CCC1(CNS(=O)(=O)N2CCCC(CN)C2)CCC1. The molecule has 1 heterocycles. The van der Waals surface area contributed by atoms with Crippen molar-refractivity contribution in [2.24, 2.45) is 17.1 Å². The highest BCUT2D eigenvalue weighted by Crippen LogP contribution is 2.43. The van der Waals surface area contributed by atoms with Gasteiger partial charge in [0.2, 0.25) is 0 Å². The molecule has 6 heteroatoms. The molecule has 1 unspecified atom stereocenters. The van der Waals surface area contributed by atoms with Crippen molar-refractivity contribution in [3.05, 3.63) is 0 Å². The summed E-state index contributed by atoms with van der Waals surface area (Å²) >= 11 is 0. The first-order valence-electron chi connectivity index (χ1n) is 7.46. The Kier molecular flexibility index (Phi) is 4.87. The molecule has 2 fully saturated rings. The van der Waals surface area contributed by atoms with Crippen molar-refractivity contribution < 1.29 is 8.42 Å². The Hall–Kier alpha value is -0.170. The van der Waals surface area contributed by atoms with Gasteiger partial charge in [-0.2, -0.15) is 12.7 Å². The first-order valence-corrected chi connectivity index (χ1v) is 8.90. The number of nitrogens with zero attached hydrogens (tertiary/aromatic N) is 1. The fourth-order valence-electron chi connectivity index (χ4n) is 3.11. The van der Waals surface area contributed by atoms with Gasteiger partial charge in [-0.1, -0.05) is 13.3 Å². The van der Waals surface area contributed by atoms with Crippen LogP contribution in [0.5, 0.6) is 0 Å². The van der Waals surface area contributed by atoms with Crippen molar-refractivity contribution in [1.29, 1.82) is 0 Å². The van der Waals surface area contributed by atoms with Crippen molar-refractivity contribution in [1.82, 2.24) is 9.03 Å². The van der Waals surface area contributed by atoms with E-state index in [1.165, 1.54) is 6.42 Å². The molecule has 5 nitrogen and oxygen atoms in total. The van der Waals surface area contributed by atoms with Crippen LogP contribution in [0.3, 0.4) is 0 Å². The third-order valence-corrected chi connectivity index (χ3v) is 6.47. The molecule has 0 spiro atoms. The van der Waals surface area contributed by atoms with Gasteiger partial charge in [0.25, 0.3) is 10.2 Å². The number of hydrogen-bond acceptors (Lipinski definition) is 3. The number of hydrogen-bond donors (Lipinski definition) is 2. The Labute approximate surface area is 117 Å². The van der Waals surface area contributed by atoms with E-state index in [9.17, 15) is 8.42 Å². The maximum absolute atomic E-state index is 12.3. The van der Waals surface area contributed by atoms with Crippen molar-refractivity contribution in [2.75, 3.05) is 26.2 Å². The van der Waals surface area contributed by atoms with E-state index in [0.29, 0.717) is 32.1 Å². The quantitative estimate of drug-likeness (QED) is 0.768. The topological polar surface area (TPSA) is 75.4 Å². The van der Waals surface area contributed by atoms with Crippen LogP contribution < -0.4 is 10.5 Å². The van der Waals surface area contributed by atoms with Gasteiger partial charge in [-0.3, -0.25) is 0 Å². The van der Waals surface area contributed by atoms with Crippen molar-refractivity contribution in [3.8, 4) is 0 Å². The summed E-state index contributed by atoms with van der Waals surface area (Å²) in [5.74, 6) is 0.314. The second kappa shape index (κ2) is 6.08. The van der Waals surface area contributed by atoms with Gasteiger partial charge in [0, 0.05) is 19.6 Å². The Bertz CT molecular complexity index is 387. The molecule has 0 amide bonds. The Balaban J connectivity index is 1.90. The van der Waals surface area contributed by atoms with E-state index in [1.54, 1.807) is 4.31 Å². The van der Waals surface area contributed by atoms with Crippen LogP contribution in [0.4, 0.5) is 0 Å². The third kappa shape index (κ3) is 3.48. The van der Waals surface area contributed by atoms with E-state index in [1.807, 2.05) is 0 Å². The highest BCUT2D eigenvalue weighted by Gasteiger charge is 2.37. The maximum Gasteiger partial charge on any atom is 0.279 e. The second-order valence-corrected chi connectivity index (χ2v) is 7.89. The molecule has 1 saturated carbocycles. The van der Waals surface area contributed by atoms with E-state index in [0.717, 1.165) is 32.1 Å². The standard InChI is InChI=1S/C13H27N3O2S/c1-2-13(6-4-7-13)11-15-19(17,18)16-8-3-5-12(9-14)10-16/h12,15H,2-11,14H2,1H3. The van der Waals surface area contributed by atoms with Crippen LogP contribution in [0.25, 0.3) is 0 Å². The highest BCUT2D eigenvalue weighted by atomic mass is 32.2. The average molecular weight is 289 g/mol. The predicted octanol–water partition coefficient (Wildman–Crippen LogP) is 1.07. The van der Waals surface area contributed by atoms with E-state index >= 15 is 0 Å². The summed E-state index contributed by atoms with van der Waals surface area (Å²) in [6.45, 7) is 4.52. The molecular formula is C13H27N3O2S. The molecule has 1 saturated heterocycles. The summed E-state index contributed by atoms with van der Waals surface area (Å²) in [7, 11) is -3.32. The van der Waals surface area contributed by atoms with Crippen molar-refractivity contribution in [3.63, 3.8) is 0 Å². The van der Waals surface area contributed by atoms with Gasteiger partial charge in [0.15, 0.2) is 0 Å². The minimum absolute atomic E-state index is 0.218. The molecule has 1 aliphatic heterocycles. The molecule has 1 atom stereocenters. The molecule has 0 aromatic carbocycles. The average Bonchev–Trinajstić information content (AvgIpc) is 2.38. The van der Waals surface area contributed by atoms with Crippen LogP contribution in [0.15, 0.2) is 0 Å². The van der Waals surface area contributed by atoms with Gasteiger partial charge in [0.1, 0.15) is 0 Å². The van der Waals surface area contributed by atoms with E-state index < -0.39 is 10.2 Å². The zero-order chi connectivity index (χ0) is 13.9. The third-order valence-electron chi connectivity index (χ3n) is 4.95. The summed E-state index contributed by atoms with van der Waals surface area (Å²) in [5, 5.41) is 0. The summed E-state index contributed by atoms with van der Waals surface area (Å²) in [6.07, 6.45) is 6.55. The summed E-state index contributed by atoms with van der Waals surface area (Å²) < 4.78 is 29.1. The van der Waals surface area contributed by atoms with E-state index in [4.69, 9.17) is 5.73 Å². The largest absolute Gasteiger partial charge is 0.330 e. The molecule has 0 aromatic heterocycles. The van der Waals surface area contributed by atoms with Gasteiger partial charge in [0.05, 0.1) is 0 Å². The summed E-state index contributed by atoms with van der Waals surface area (Å²) in [4.78, 5) is 0. The number of piperidine rings is 1. The molecule has 3 N–H and O–H groups in total. The lowest BCUT2D eigenvalue weighted by molar-refractivity contribution is 0.131. The lowest BCUT2D eigenvalue weighted by atomic mass is 9.67. The van der Waals surface area contributed by atoms with Crippen LogP contribution >= 0.6 is 0 Å². The lowest BCUT2D eigenvalue weighted by Crippen LogP contribution is -2.50. The van der Waals surface area contributed by atoms with E-state index in [2.05, 4.69) is 11.6 Å². The normalized spacial score (nSPS) is 28.0. The van der Waals surface area contributed by atoms with Crippen LogP contribution in [0.2, 0.25) is 0 Å². The molecule has 19 heavy (non-hydrogen) atoms. The van der Waals surface area contributed by atoms with Crippen molar-refractivity contribution in [2.45, 2.75) is 45.4 Å². The van der Waals surface area contributed by atoms with Crippen LogP contribution in [0.1, 0.15) is 45.4 Å². The number of nitrogens with one attached hydrogen (secondary N) is 1. The summed E-state index contributed by atoms with van der Waals surface area (Å²) in [5.41, 5.74) is 5.88. The van der Waals surface area contributed by atoms with Gasteiger partial charge in [-0.25, -0.2) is 4.72 Å². The Morgan fingerprint density at radius 1 is 1.37 bits per heavy atom. The monoisotopic (exact) mass is 289 g/mol. The molecule has 2 aliphatic rings. The maximum atomic E-state index is 12.3. The van der Waals surface area contributed by atoms with Gasteiger partial charge in [-0.15, -0.1) is 0 Å². The Morgan fingerprint density at radius 3 is 2.63 bits per heavy atom. The van der Waals surface area contributed by atoms with Gasteiger partial charge < -0.3 is 5.73 Å². The van der Waals surface area contributed by atoms with Crippen molar-refractivity contribution >= 4 is 10.2 Å². The molecule has 112 valence electrons. The predicted molar refractivity (Wildman–Crippen MR) is 76.8 cm³/mol. The Morgan fingerprint density at radius 2 is 2.11 bits per heavy atom. The second-order valence-electron chi connectivity index (χ2n) is 6.14. The molecule has 1 aliphatic carbocycles. The highest BCUT2D eigenvalue weighted by molar-refractivity contribution is 7.87. The first-order chi connectivity index (χ1) is 9.01. The fraction of sp³-hybridized carbons (Fsp3) is 1.00. The minimum atomic E-state index is -3.32. The van der Waals surface area contributed by atoms with E-state index in [-0.39, 0.29) is 5.41 Å². The molecule has 2 rings (SSSR count). The van der Waals surface area contributed by atoms with Gasteiger partial charge in [-0.05, 0) is 50.0 Å².